The summed E-state index contributed by atoms with van der Waals surface area (Å²) in [4.78, 5) is 2.21. The third-order valence-electron chi connectivity index (χ3n) is 3.46. The molecule has 0 heterocycles. The van der Waals surface area contributed by atoms with Gasteiger partial charge in [-0.15, -0.1) is 0 Å². The van der Waals surface area contributed by atoms with E-state index in [4.69, 9.17) is 10.5 Å². The third-order valence-corrected chi connectivity index (χ3v) is 3.46. The van der Waals surface area contributed by atoms with Crippen molar-refractivity contribution in [2.75, 3.05) is 25.6 Å². The normalized spacial score (nSPS) is 16.8. The minimum Gasteiger partial charge on any atom is -0.494 e. The largest absolute Gasteiger partial charge is 0.494 e. The lowest BCUT2D eigenvalue weighted by Gasteiger charge is -2.26. The lowest BCUT2D eigenvalue weighted by atomic mass is 10.1. The Hall–Kier alpha value is -1.22. The van der Waals surface area contributed by atoms with Crippen molar-refractivity contribution in [3.05, 3.63) is 23.3 Å². The van der Waals surface area contributed by atoms with Gasteiger partial charge in [-0.2, -0.15) is 0 Å². The SMILES string of the molecule is COc1c(C)cc(C)cc1N(C)CC1(N)CC1. The van der Waals surface area contributed by atoms with E-state index >= 15 is 0 Å². The van der Waals surface area contributed by atoms with Gasteiger partial charge in [-0.1, -0.05) is 6.07 Å². The predicted octanol–water partition coefficient (Wildman–Crippen LogP) is 2.24. The van der Waals surface area contributed by atoms with Crippen molar-refractivity contribution >= 4 is 5.69 Å². The number of ether oxygens (including phenoxy) is 1. The molecule has 1 saturated carbocycles. The molecule has 1 aliphatic carbocycles. The fourth-order valence-electron chi connectivity index (χ4n) is 2.36. The molecule has 94 valence electrons. The van der Waals surface area contributed by atoms with Crippen LogP contribution in [0.15, 0.2) is 12.1 Å². The van der Waals surface area contributed by atoms with Crippen molar-refractivity contribution in [3.63, 3.8) is 0 Å². The van der Waals surface area contributed by atoms with Crippen molar-refractivity contribution in [2.24, 2.45) is 5.73 Å². The first-order valence-electron chi connectivity index (χ1n) is 6.10. The van der Waals surface area contributed by atoms with Crippen LogP contribution < -0.4 is 15.4 Å². The number of benzene rings is 1. The number of methoxy groups -OCH3 is 1. The van der Waals surface area contributed by atoms with Crippen LogP contribution in [0.5, 0.6) is 5.75 Å². The Morgan fingerprint density at radius 1 is 1.35 bits per heavy atom. The summed E-state index contributed by atoms with van der Waals surface area (Å²) < 4.78 is 5.50. The van der Waals surface area contributed by atoms with E-state index in [2.05, 4.69) is 37.9 Å². The number of hydrogen-bond donors (Lipinski definition) is 1. The fourth-order valence-corrected chi connectivity index (χ4v) is 2.36. The van der Waals surface area contributed by atoms with Gasteiger partial charge < -0.3 is 15.4 Å². The molecule has 0 aromatic heterocycles. The van der Waals surface area contributed by atoms with Crippen LogP contribution in [0.2, 0.25) is 0 Å². The quantitative estimate of drug-likeness (QED) is 0.868. The topological polar surface area (TPSA) is 38.5 Å². The maximum absolute atomic E-state index is 6.17. The van der Waals surface area contributed by atoms with Crippen LogP contribution in [0.4, 0.5) is 5.69 Å². The molecule has 1 aromatic rings. The van der Waals surface area contributed by atoms with Gasteiger partial charge in [0.1, 0.15) is 5.75 Å². The molecule has 2 N–H and O–H groups in total. The lowest BCUT2D eigenvalue weighted by molar-refractivity contribution is 0.411. The average molecular weight is 234 g/mol. The summed E-state index contributed by atoms with van der Waals surface area (Å²) in [6, 6.07) is 4.31. The van der Waals surface area contributed by atoms with E-state index in [9.17, 15) is 0 Å². The van der Waals surface area contributed by atoms with E-state index in [-0.39, 0.29) is 5.54 Å². The Balaban J connectivity index is 2.29. The summed E-state index contributed by atoms with van der Waals surface area (Å²) in [6.07, 6.45) is 2.26. The Labute approximate surface area is 104 Å². The number of anilines is 1. The van der Waals surface area contributed by atoms with Gasteiger partial charge in [-0.3, -0.25) is 0 Å². The molecule has 0 spiro atoms. The molecule has 0 unspecified atom stereocenters. The van der Waals surface area contributed by atoms with Crippen LogP contribution in [-0.2, 0) is 0 Å². The number of aryl methyl sites for hydroxylation is 2. The van der Waals surface area contributed by atoms with Crippen molar-refractivity contribution in [1.29, 1.82) is 0 Å². The fraction of sp³-hybridized carbons (Fsp3) is 0.571. The predicted molar refractivity (Wildman–Crippen MR) is 71.9 cm³/mol. The van der Waals surface area contributed by atoms with E-state index in [1.807, 2.05) is 0 Å². The average Bonchev–Trinajstić information content (AvgIpc) is 2.95. The molecular weight excluding hydrogens is 212 g/mol. The van der Waals surface area contributed by atoms with Gasteiger partial charge in [-0.05, 0) is 43.9 Å². The first-order valence-corrected chi connectivity index (χ1v) is 6.10. The number of rotatable bonds is 4. The van der Waals surface area contributed by atoms with Gasteiger partial charge in [0, 0.05) is 19.1 Å². The zero-order chi connectivity index (χ0) is 12.6. The number of likely N-dealkylation sites (N-methyl/N-ethyl adjacent to an activating group) is 1. The highest BCUT2D eigenvalue weighted by atomic mass is 16.5. The van der Waals surface area contributed by atoms with Crippen molar-refractivity contribution < 1.29 is 4.74 Å². The Morgan fingerprint density at radius 2 is 2.00 bits per heavy atom. The highest BCUT2D eigenvalue weighted by molar-refractivity contribution is 5.63. The molecule has 17 heavy (non-hydrogen) atoms. The highest BCUT2D eigenvalue weighted by Gasteiger charge is 2.39. The highest BCUT2D eigenvalue weighted by Crippen LogP contribution is 2.37. The molecule has 0 bridgehead atoms. The van der Waals surface area contributed by atoms with Crippen LogP contribution in [0, 0.1) is 13.8 Å². The first kappa shape index (κ1) is 12.2. The second-order valence-electron chi connectivity index (χ2n) is 5.35. The van der Waals surface area contributed by atoms with Gasteiger partial charge in [-0.25, -0.2) is 0 Å². The van der Waals surface area contributed by atoms with Gasteiger partial charge in [0.25, 0.3) is 0 Å². The van der Waals surface area contributed by atoms with E-state index in [0.717, 1.165) is 30.8 Å². The molecule has 0 atom stereocenters. The van der Waals surface area contributed by atoms with Gasteiger partial charge in [0.05, 0.1) is 12.8 Å². The molecule has 0 amide bonds. The maximum atomic E-state index is 6.17. The van der Waals surface area contributed by atoms with Crippen LogP contribution >= 0.6 is 0 Å². The lowest BCUT2D eigenvalue weighted by Crippen LogP contribution is -2.37. The first-order chi connectivity index (χ1) is 7.95. The number of nitrogens with zero attached hydrogens (tertiary/aromatic N) is 1. The van der Waals surface area contributed by atoms with E-state index in [0.29, 0.717) is 0 Å². The maximum Gasteiger partial charge on any atom is 0.145 e. The molecule has 0 aliphatic heterocycles. The second kappa shape index (κ2) is 4.22. The molecule has 3 nitrogen and oxygen atoms in total. The van der Waals surface area contributed by atoms with Gasteiger partial charge in [0.2, 0.25) is 0 Å². The molecule has 1 aliphatic rings. The minimum absolute atomic E-state index is 0.0252. The Bertz CT molecular complexity index is 424. The standard InChI is InChI=1S/C14H22N2O/c1-10-7-11(2)13(17-4)12(8-10)16(3)9-14(15)5-6-14/h7-8H,5-6,9,15H2,1-4H3. The summed E-state index contributed by atoms with van der Waals surface area (Å²) in [5.41, 5.74) is 9.77. The monoisotopic (exact) mass is 234 g/mol. The molecule has 1 fully saturated rings. The van der Waals surface area contributed by atoms with E-state index < -0.39 is 0 Å². The van der Waals surface area contributed by atoms with Crippen molar-refractivity contribution in [3.8, 4) is 5.75 Å². The zero-order valence-corrected chi connectivity index (χ0v) is 11.2. The van der Waals surface area contributed by atoms with Crippen LogP contribution in [-0.4, -0.2) is 26.2 Å². The van der Waals surface area contributed by atoms with Crippen LogP contribution in [0.25, 0.3) is 0 Å². The summed E-state index contributed by atoms with van der Waals surface area (Å²) in [5, 5.41) is 0. The van der Waals surface area contributed by atoms with E-state index in [1.54, 1.807) is 7.11 Å². The van der Waals surface area contributed by atoms with Crippen LogP contribution in [0.3, 0.4) is 0 Å². The second-order valence-corrected chi connectivity index (χ2v) is 5.35. The third kappa shape index (κ3) is 2.55. The summed E-state index contributed by atoms with van der Waals surface area (Å²) >= 11 is 0. The van der Waals surface area contributed by atoms with Crippen molar-refractivity contribution in [2.45, 2.75) is 32.2 Å². The molecule has 1 aromatic carbocycles. The zero-order valence-electron chi connectivity index (χ0n) is 11.2. The molecule has 3 heteroatoms. The summed E-state index contributed by atoms with van der Waals surface area (Å²) in [6.45, 7) is 5.09. The van der Waals surface area contributed by atoms with Crippen LogP contribution in [0.1, 0.15) is 24.0 Å². The van der Waals surface area contributed by atoms with Gasteiger partial charge >= 0.3 is 0 Å². The summed E-state index contributed by atoms with van der Waals surface area (Å²) in [5.74, 6) is 0.961. The number of hydrogen-bond acceptors (Lipinski definition) is 3. The Morgan fingerprint density at radius 3 is 2.53 bits per heavy atom. The van der Waals surface area contributed by atoms with Crippen molar-refractivity contribution in [1.82, 2.24) is 0 Å². The molecule has 0 saturated heterocycles. The summed E-state index contributed by atoms with van der Waals surface area (Å²) in [7, 11) is 3.81. The smallest absolute Gasteiger partial charge is 0.145 e. The molecule has 2 rings (SSSR count). The number of nitrogens with two attached hydrogens (primary N) is 1. The van der Waals surface area contributed by atoms with E-state index in [1.165, 1.54) is 11.1 Å². The Kier molecular flexibility index (Phi) is 3.04. The molecular formula is C14H22N2O. The van der Waals surface area contributed by atoms with Gasteiger partial charge in [0.15, 0.2) is 0 Å². The minimum atomic E-state index is 0.0252. The molecule has 0 radical (unpaired) electrons.